The van der Waals surface area contributed by atoms with E-state index in [9.17, 15) is 18.4 Å². The zero-order valence-corrected chi connectivity index (χ0v) is 14.7. The zero-order chi connectivity index (χ0) is 20.0. The molecule has 0 unspecified atom stereocenters. The largest absolute Gasteiger partial charge is 0.449 e. The molecule has 6 nitrogen and oxygen atoms in total. The van der Waals surface area contributed by atoms with Gasteiger partial charge in [-0.2, -0.15) is 14.0 Å². The number of nitriles is 1. The smallest absolute Gasteiger partial charge is 0.387 e. The quantitative estimate of drug-likeness (QED) is 0.748. The Hall–Kier alpha value is -3.18. The van der Waals surface area contributed by atoms with Gasteiger partial charge >= 0.3 is 12.6 Å². The van der Waals surface area contributed by atoms with Crippen molar-refractivity contribution in [3.63, 3.8) is 0 Å². The van der Waals surface area contributed by atoms with Gasteiger partial charge in [-0.3, -0.25) is 4.79 Å². The summed E-state index contributed by atoms with van der Waals surface area (Å²) in [5.41, 5.74) is 0.303. The summed E-state index contributed by atoms with van der Waals surface area (Å²) in [6.07, 6.45) is -1.23. The highest BCUT2D eigenvalue weighted by Gasteiger charge is 2.22. The summed E-state index contributed by atoms with van der Waals surface area (Å²) < 4.78 is 34.1. The molecule has 0 heterocycles. The van der Waals surface area contributed by atoms with Crippen LogP contribution in [0.4, 0.5) is 14.5 Å². The van der Waals surface area contributed by atoms with E-state index < -0.39 is 24.6 Å². The van der Waals surface area contributed by atoms with Gasteiger partial charge in [-0.1, -0.05) is 23.7 Å². The molecule has 27 heavy (non-hydrogen) atoms. The van der Waals surface area contributed by atoms with Crippen molar-refractivity contribution in [1.82, 2.24) is 0 Å². The number of halogens is 3. The first-order chi connectivity index (χ1) is 12.8. The van der Waals surface area contributed by atoms with Crippen LogP contribution in [-0.2, 0) is 9.53 Å². The van der Waals surface area contributed by atoms with Gasteiger partial charge in [0.2, 0.25) is 0 Å². The fourth-order valence-corrected chi connectivity index (χ4v) is 2.26. The predicted octanol–water partition coefficient (Wildman–Crippen LogP) is 4.00. The second-order valence-corrected chi connectivity index (χ2v) is 5.63. The standard InChI is InChI=1S/C18H13ClF2N2O4/c1-10(16(24)23-12-7-6-11(9-22)14(19)8-12)26-17(25)13-4-2-3-5-15(13)27-18(20)21/h2-8,10,18H,1H3,(H,23,24)/t10-/m1/s1. The number of alkyl halides is 2. The van der Waals surface area contributed by atoms with Crippen LogP contribution in [0.3, 0.4) is 0 Å². The number of ether oxygens (including phenoxy) is 2. The van der Waals surface area contributed by atoms with E-state index in [-0.39, 0.29) is 21.9 Å². The first-order valence-electron chi connectivity index (χ1n) is 7.57. The minimum Gasteiger partial charge on any atom is -0.449 e. The Balaban J connectivity index is 2.05. The molecule has 0 saturated carbocycles. The molecule has 1 N–H and O–H groups in total. The van der Waals surface area contributed by atoms with Crippen molar-refractivity contribution in [2.45, 2.75) is 19.6 Å². The molecule has 1 atom stereocenters. The van der Waals surface area contributed by atoms with E-state index in [0.717, 1.165) is 0 Å². The lowest BCUT2D eigenvalue weighted by atomic mass is 10.2. The highest BCUT2D eigenvalue weighted by Crippen LogP contribution is 2.23. The van der Waals surface area contributed by atoms with Gasteiger partial charge in [0.1, 0.15) is 17.4 Å². The lowest BCUT2D eigenvalue weighted by Gasteiger charge is -2.15. The van der Waals surface area contributed by atoms with Gasteiger partial charge in [-0.15, -0.1) is 0 Å². The van der Waals surface area contributed by atoms with Crippen molar-refractivity contribution < 1.29 is 27.8 Å². The van der Waals surface area contributed by atoms with Gasteiger partial charge in [-0.25, -0.2) is 4.79 Å². The maximum atomic E-state index is 12.4. The molecule has 0 aliphatic rings. The molecule has 0 aliphatic carbocycles. The average molecular weight is 395 g/mol. The van der Waals surface area contributed by atoms with Crippen molar-refractivity contribution in [2.75, 3.05) is 5.32 Å². The molecule has 0 radical (unpaired) electrons. The fourth-order valence-electron chi connectivity index (χ4n) is 2.04. The third-order valence-corrected chi connectivity index (χ3v) is 3.65. The van der Waals surface area contributed by atoms with E-state index in [1.54, 1.807) is 0 Å². The molecule has 0 saturated heterocycles. The van der Waals surface area contributed by atoms with Crippen molar-refractivity contribution >= 4 is 29.2 Å². The highest BCUT2D eigenvalue weighted by molar-refractivity contribution is 6.32. The van der Waals surface area contributed by atoms with Gasteiger partial charge in [0, 0.05) is 5.69 Å². The number of hydrogen-bond acceptors (Lipinski definition) is 5. The molecular weight excluding hydrogens is 382 g/mol. The van der Waals surface area contributed by atoms with E-state index >= 15 is 0 Å². The summed E-state index contributed by atoms with van der Waals surface area (Å²) in [6, 6.07) is 11.4. The topological polar surface area (TPSA) is 88.4 Å². The molecule has 0 aliphatic heterocycles. The first-order valence-corrected chi connectivity index (χ1v) is 7.95. The number of anilines is 1. The summed E-state index contributed by atoms with van der Waals surface area (Å²) in [5.74, 6) is -2.02. The van der Waals surface area contributed by atoms with Gasteiger partial charge in [0.25, 0.3) is 5.91 Å². The summed E-state index contributed by atoms with van der Waals surface area (Å²) >= 11 is 5.88. The lowest BCUT2D eigenvalue weighted by Crippen LogP contribution is -2.30. The number of para-hydroxylation sites is 1. The third kappa shape index (κ3) is 5.39. The summed E-state index contributed by atoms with van der Waals surface area (Å²) in [7, 11) is 0. The Morgan fingerprint density at radius 2 is 1.93 bits per heavy atom. The molecule has 2 rings (SSSR count). The Labute approximate surface area is 158 Å². The van der Waals surface area contributed by atoms with Crippen LogP contribution < -0.4 is 10.1 Å². The number of nitrogens with one attached hydrogen (secondary N) is 1. The Kier molecular flexibility index (Phi) is 6.68. The molecule has 0 aromatic heterocycles. The molecular formula is C18H13ClF2N2O4. The Morgan fingerprint density at radius 3 is 2.56 bits per heavy atom. The van der Waals surface area contributed by atoms with Crippen molar-refractivity contribution in [1.29, 1.82) is 5.26 Å². The molecule has 0 spiro atoms. The number of carbonyl (C=O) groups is 2. The maximum absolute atomic E-state index is 12.4. The number of benzene rings is 2. The maximum Gasteiger partial charge on any atom is 0.387 e. The zero-order valence-electron chi connectivity index (χ0n) is 13.9. The highest BCUT2D eigenvalue weighted by atomic mass is 35.5. The molecule has 2 aromatic carbocycles. The normalized spacial score (nSPS) is 11.4. The SMILES string of the molecule is C[C@@H](OC(=O)c1ccccc1OC(F)F)C(=O)Nc1ccc(C#N)c(Cl)c1. The van der Waals surface area contributed by atoms with E-state index in [1.807, 2.05) is 6.07 Å². The summed E-state index contributed by atoms with van der Waals surface area (Å²) in [5, 5.41) is 11.5. The second-order valence-electron chi connectivity index (χ2n) is 5.22. The van der Waals surface area contributed by atoms with Gasteiger partial charge in [0.05, 0.1) is 10.6 Å². The monoisotopic (exact) mass is 394 g/mol. The van der Waals surface area contributed by atoms with Gasteiger partial charge in [0.15, 0.2) is 6.10 Å². The van der Waals surface area contributed by atoms with Gasteiger partial charge < -0.3 is 14.8 Å². The van der Waals surface area contributed by atoms with Crippen LogP contribution in [-0.4, -0.2) is 24.6 Å². The van der Waals surface area contributed by atoms with Crippen LogP contribution in [0.2, 0.25) is 5.02 Å². The minimum atomic E-state index is -3.11. The van der Waals surface area contributed by atoms with Crippen LogP contribution in [0.25, 0.3) is 0 Å². The Morgan fingerprint density at radius 1 is 1.22 bits per heavy atom. The molecule has 0 fully saturated rings. The molecule has 2 aromatic rings. The summed E-state index contributed by atoms with van der Waals surface area (Å²) in [6.45, 7) is -1.80. The van der Waals surface area contributed by atoms with E-state index in [1.165, 1.54) is 49.4 Å². The summed E-state index contributed by atoms with van der Waals surface area (Å²) in [4.78, 5) is 24.3. The number of esters is 1. The van der Waals surface area contributed by atoms with Crippen LogP contribution in [0.15, 0.2) is 42.5 Å². The molecule has 0 bridgehead atoms. The van der Waals surface area contributed by atoms with E-state index in [4.69, 9.17) is 21.6 Å². The van der Waals surface area contributed by atoms with Crippen molar-refractivity contribution in [3.8, 4) is 11.8 Å². The minimum absolute atomic E-state index is 0.151. The molecule has 140 valence electrons. The van der Waals surface area contributed by atoms with Gasteiger partial charge in [-0.05, 0) is 37.3 Å². The molecule has 9 heteroatoms. The average Bonchev–Trinajstić information content (AvgIpc) is 2.61. The van der Waals surface area contributed by atoms with Crippen molar-refractivity contribution in [2.24, 2.45) is 0 Å². The van der Waals surface area contributed by atoms with E-state index in [2.05, 4.69) is 10.1 Å². The van der Waals surface area contributed by atoms with Crippen LogP contribution in [0.5, 0.6) is 5.75 Å². The molecule has 1 amide bonds. The number of hydrogen-bond donors (Lipinski definition) is 1. The predicted molar refractivity (Wildman–Crippen MR) is 92.7 cm³/mol. The lowest BCUT2D eigenvalue weighted by molar-refractivity contribution is -0.123. The van der Waals surface area contributed by atoms with Crippen LogP contribution in [0.1, 0.15) is 22.8 Å². The Bertz CT molecular complexity index is 899. The second kappa shape index (κ2) is 8.96. The number of rotatable bonds is 6. The van der Waals surface area contributed by atoms with Crippen molar-refractivity contribution in [3.05, 3.63) is 58.6 Å². The van der Waals surface area contributed by atoms with Crippen LogP contribution in [0, 0.1) is 11.3 Å². The van der Waals surface area contributed by atoms with E-state index in [0.29, 0.717) is 5.69 Å². The number of nitrogens with zero attached hydrogens (tertiary/aromatic N) is 1. The number of carbonyl (C=O) groups excluding carboxylic acids is 2. The van der Waals surface area contributed by atoms with Crippen LogP contribution >= 0.6 is 11.6 Å². The third-order valence-electron chi connectivity index (χ3n) is 3.33. The fraction of sp³-hybridized carbons (Fsp3) is 0.167. The first kappa shape index (κ1) is 20.1. The number of amides is 1.